The van der Waals surface area contributed by atoms with Gasteiger partial charge in [0.2, 0.25) is 11.8 Å². The van der Waals surface area contributed by atoms with Gasteiger partial charge >= 0.3 is 0 Å². The highest BCUT2D eigenvalue weighted by molar-refractivity contribution is 6.05. The summed E-state index contributed by atoms with van der Waals surface area (Å²) in [6.07, 6.45) is -6.21. The largest absolute Gasteiger partial charge is 0.488 e. The van der Waals surface area contributed by atoms with Gasteiger partial charge in [0.25, 0.3) is 5.91 Å². The molecule has 0 bridgehead atoms. The van der Waals surface area contributed by atoms with Crippen LogP contribution in [0, 0.1) is 5.82 Å². The molecule has 2 fully saturated rings. The van der Waals surface area contributed by atoms with E-state index in [2.05, 4.69) is 4.74 Å². The Hall–Kier alpha value is -3.30. The van der Waals surface area contributed by atoms with Gasteiger partial charge in [-0.3, -0.25) is 24.6 Å². The summed E-state index contributed by atoms with van der Waals surface area (Å²) in [5, 5.41) is 1.77. The van der Waals surface area contributed by atoms with Gasteiger partial charge in [-0.15, -0.1) is 0 Å². The zero-order chi connectivity index (χ0) is 34.4. The van der Waals surface area contributed by atoms with Crippen molar-refractivity contribution in [2.24, 2.45) is 0 Å². The number of benzene rings is 2. The molecule has 0 spiro atoms. The summed E-state index contributed by atoms with van der Waals surface area (Å²) in [7, 11) is 0. The fourth-order valence-corrected chi connectivity index (χ4v) is 3.73. The maximum absolute atomic E-state index is 15.2. The Morgan fingerprint density at radius 2 is 2.00 bits per heavy atom. The van der Waals surface area contributed by atoms with Crippen LogP contribution < -0.4 is 10.1 Å². The van der Waals surface area contributed by atoms with Crippen molar-refractivity contribution in [3.8, 4) is 5.75 Å². The number of halogens is 1. The molecule has 1 N–H and O–H groups in total. The Bertz CT molecular complexity index is 1610. The Morgan fingerprint density at radius 1 is 1.18 bits per heavy atom. The first-order valence-corrected chi connectivity index (χ1v) is 10.1. The van der Waals surface area contributed by atoms with E-state index < -0.39 is 88.1 Å². The van der Waals surface area contributed by atoms with Crippen LogP contribution in [0.5, 0.6) is 5.75 Å². The van der Waals surface area contributed by atoms with Gasteiger partial charge in [0, 0.05) is 53.6 Å². The lowest BCUT2D eigenvalue weighted by Gasteiger charge is -2.29. The number of imide groups is 1. The number of fused-ring (bicyclic) bond motifs is 1. The van der Waals surface area contributed by atoms with Crippen molar-refractivity contribution in [3.05, 3.63) is 64.5 Å². The Labute approximate surface area is 213 Å². The van der Waals surface area contributed by atoms with E-state index in [1.54, 1.807) is 5.32 Å². The Balaban J connectivity index is 1.35. The van der Waals surface area contributed by atoms with Crippen molar-refractivity contribution in [2.45, 2.75) is 38.5 Å². The van der Waals surface area contributed by atoms with Gasteiger partial charge in [-0.05, 0) is 30.1 Å². The third-order valence-electron chi connectivity index (χ3n) is 5.38. The van der Waals surface area contributed by atoms with E-state index in [-0.39, 0.29) is 32.9 Å². The number of amides is 3. The maximum Gasteiger partial charge on any atom is 0.255 e. The zero-order valence-corrected chi connectivity index (χ0v) is 17.5. The van der Waals surface area contributed by atoms with Crippen molar-refractivity contribution >= 4 is 17.7 Å². The van der Waals surface area contributed by atoms with Gasteiger partial charge in [0.15, 0.2) is 0 Å². The van der Waals surface area contributed by atoms with Gasteiger partial charge in [-0.25, -0.2) is 4.39 Å². The van der Waals surface area contributed by atoms with E-state index in [9.17, 15) is 14.4 Å². The van der Waals surface area contributed by atoms with E-state index in [1.165, 1.54) is 30.3 Å². The molecule has 5 rings (SSSR count). The van der Waals surface area contributed by atoms with Crippen LogP contribution >= 0.6 is 0 Å². The van der Waals surface area contributed by atoms with Gasteiger partial charge in [0.1, 0.15) is 24.2 Å². The number of morpholine rings is 1. The lowest BCUT2D eigenvalue weighted by atomic mass is 10.0. The van der Waals surface area contributed by atoms with E-state index in [4.69, 9.17) is 21.2 Å². The maximum atomic E-state index is 15.2. The molecule has 0 unspecified atom stereocenters. The number of carbonyl (C=O) groups is 3. The fraction of sp³-hybridized carbons (Fsp3) is 0.400. The molecule has 0 radical (unpaired) electrons. The standard InChI is InChI=1S/C25H26FN3O5/c26-20-12-16(13-28-8-10-33-11-9-28)4-5-17(20)15-34-22-3-1-2-18-19(22)14-29(25(18)32)21-6-7-23(30)27-24(21)31/h1-5,12,21H,6-11,13-15H2,(H,27,30,31)/t21-/m0/s1/i6D2,7D2,8D2,9D2,10D2,11D2. The second-order valence-corrected chi connectivity index (χ2v) is 7.54. The summed E-state index contributed by atoms with van der Waals surface area (Å²) in [5.41, 5.74) is 0.146. The molecule has 2 aromatic carbocycles. The number of hydrogen-bond acceptors (Lipinski definition) is 6. The molecule has 0 aliphatic carbocycles. The average Bonchev–Trinajstić information content (AvgIpc) is 3.25. The summed E-state index contributed by atoms with van der Waals surface area (Å²) < 4.78 is 121. The molecule has 1 atom stereocenters. The molecule has 8 nitrogen and oxygen atoms in total. The summed E-state index contributed by atoms with van der Waals surface area (Å²) >= 11 is 0. The normalized spacial score (nSPS) is 35.0. The van der Waals surface area contributed by atoms with Gasteiger partial charge in [-0.1, -0.05) is 18.2 Å². The second-order valence-electron chi connectivity index (χ2n) is 7.54. The molecule has 3 aliphatic rings. The SMILES string of the molecule is [2H]C1([2H])OC([2H])([2H])C([2H])([2H])N(Cc2ccc(COc3cccc4c3CN([C@@H]3C(=O)NC(=O)C([2H])([2H])C3([2H])[2H])C4=O)c(F)c2)C1([2H])[2H]. The highest BCUT2D eigenvalue weighted by Crippen LogP contribution is 2.34. The lowest BCUT2D eigenvalue weighted by molar-refractivity contribution is -0.136. The van der Waals surface area contributed by atoms with Gasteiger partial charge in [0.05, 0.1) is 25.1 Å². The number of carbonyl (C=O) groups excluding carboxylic acids is 3. The molecule has 178 valence electrons. The molecule has 3 aliphatic heterocycles. The molecule has 9 heteroatoms. The molecule has 0 saturated carbocycles. The monoisotopic (exact) mass is 479 g/mol. The van der Waals surface area contributed by atoms with Crippen LogP contribution in [0.25, 0.3) is 0 Å². The van der Waals surface area contributed by atoms with E-state index >= 15 is 4.39 Å². The number of hydrogen-bond donors (Lipinski definition) is 1. The third kappa shape index (κ3) is 4.53. The minimum atomic E-state index is -3.26. The molecular weight excluding hydrogens is 441 g/mol. The Morgan fingerprint density at radius 3 is 2.79 bits per heavy atom. The lowest BCUT2D eigenvalue weighted by Crippen LogP contribution is -2.52. The third-order valence-corrected chi connectivity index (χ3v) is 5.38. The number of nitrogens with one attached hydrogen (secondary N) is 1. The highest BCUT2D eigenvalue weighted by Gasteiger charge is 2.40. The van der Waals surface area contributed by atoms with Crippen molar-refractivity contribution in [1.29, 1.82) is 0 Å². The first-order chi connectivity index (χ1) is 21.0. The number of piperidine rings is 1. The van der Waals surface area contributed by atoms with E-state index in [1.807, 2.05) is 0 Å². The molecular formula is C25H26FN3O5. The van der Waals surface area contributed by atoms with Crippen LogP contribution in [0.3, 0.4) is 0 Å². The van der Waals surface area contributed by atoms with Crippen molar-refractivity contribution < 1.29 is 44.7 Å². The molecule has 2 aromatic rings. The minimum Gasteiger partial charge on any atom is -0.488 e. The van der Waals surface area contributed by atoms with Crippen LogP contribution in [-0.4, -0.2) is 59.7 Å². The zero-order valence-electron chi connectivity index (χ0n) is 29.5. The van der Waals surface area contributed by atoms with Gasteiger partial charge < -0.3 is 14.4 Å². The predicted molar refractivity (Wildman–Crippen MR) is 119 cm³/mol. The summed E-state index contributed by atoms with van der Waals surface area (Å²) in [6.45, 7) is -14.4. The smallest absolute Gasteiger partial charge is 0.255 e. The van der Waals surface area contributed by atoms with Crippen LogP contribution in [0.15, 0.2) is 36.4 Å². The van der Waals surface area contributed by atoms with Crippen LogP contribution in [-0.2, 0) is 34.0 Å². The number of nitrogens with zero attached hydrogens (tertiary/aromatic N) is 2. The quantitative estimate of drug-likeness (QED) is 0.638. The first kappa shape index (κ1) is 12.4. The molecule has 2 saturated heterocycles. The van der Waals surface area contributed by atoms with Crippen LogP contribution in [0.1, 0.15) is 56.2 Å². The van der Waals surface area contributed by atoms with Crippen molar-refractivity contribution in [2.75, 3.05) is 26.1 Å². The summed E-state index contributed by atoms with van der Waals surface area (Å²) in [5.74, 6) is -4.30. The second kappa shape index (κ2) is 9.52. The Kier molecular flexibility index (Phi) is 3.48. The molecule has 3 heterocycles. The predicted octanol–water partition coefficient (Wildman–Crippen LogP) is 2.00. The summed E-state index contributed by atoms with van der Waals surface area (Å²) in [6, 6.07) is 5.69. The first-order valence-electron chi connectivity index (χ1n) is 16.1. The molecule has 3 amide bonds. The van der Waals surface area contributed by atoms with E-state index in [0.717, 1.165) is 11.0 Å². The minimum absolute atomic E-state index is 0.0168. The van der Waals surface area contributed by atoms with Gasteiger partial charge in [-0.2, -0.15) is 0 Å². The van der Waals surface area contributed by atoms with Crippen molar-refractivity contribution in [1.82, 2.24) is 15.1 Å². The molecule has 0 aromatic heterocycles. The highest BCUT2D eigenvalue weighted by atomic mass is 19.1. The number of ether oxygens (including phenoxy) is 2. The molecule has 34 heavy (non-hydrogen) atoms. The van der Waals surface area contributed by atoms with Crippen LogP contribution in [0.4, 0.5) is 4.39 Å². The van der Waals surface area contributed by atoms with Crippen LogP contribution in [0.2, 0.25) is 0 Å². The summed E-state index contributed by atoms with van der Waals surface area (Å²) in [4.78, 5) is 38.9. The average molecular weight is 480 g/mol. The number of rotatable bonds is 6. The fourth-order valence-electron chi connectivity index (χ4n) is 3.73. The topological polar surface area (TPSA) is 88.2 Å². The van der Waals surface area contributed by atoms with Crippen molar-refractivity contribution in [3.63, 3.8) is 0 Å². The van der Waals surface area contributed by atoms with E-state index in [0.29, 0.717) is 0 Å².